The van der Waals surface area contributed by atoms with Crippen LogP contribution in [0.4, 0.5) is 11.4 Å². The topological polar surface area (TPSA) is 64.3 Å². The molecule has 0 aromatic heterocycles. The van der Waals surface area contributed by atoms with Crippen LogP contribution in [0.3, 0.4) is 0 Å². The first-order chi connectivity index (χ1) is 8.00. The minimum Gasteiger partial charge on any atom is -0.489 e. The summed E-state index contributed by atoms with van der Waals surface area (Å²) < 4.78 is 16.5. The Hall–Kier alpha value is -1.23. The van der Waals surface area contributed by atoms with Gasteiger partial charge in [-0.25, -0.2) is 0 Å². The molecule has 96 valence electrons. The molecule has 3 N–H and O–H groups in total. The number of nitrogen functional groups attached to an aromatic ring is 1. The Morgan fingerprint density at radius 3 is 2.76 bits per heavy atom. The van der Waals surface area contributed by atoms with Crippen LogP contribution in [0, 0.1) is 0 Å². The maximum atomic E-state index is 10.9. The van der Waals surface area contributed by atoms with E-state index in [4.69, 9.17) is 10.5 Å². The van der Waals surface area contributed by atoms with Crippen molar-refractivity contribution in [2.24, 2.45) is 0 Å². The summed E-state index contributed by atoms with van der Waals surface area (Å²) in [5, 5.41) is 3.16. The molecule has 0 amide bonds. The van der Waals surface area contributed by atoms with E-state index in [2.05, 4.69) is 5.32 Å². The Kier molecular flexibility index (Phi) is 5.28. The fourth-order valence-corrected chi connectivity index (χ4v) is 1.77. The van der Waals surface area contributed by atoms with Crippen molar-refractivity contribution in [2.75, 3.05) is 29.6 Å². The molecule has 0 saturated carbocycles. The van der Waals surface area contributed by atoms with Gasteiger partial charge in [-0.3, -0.25) is 4.21 Å². The van der Waals surface area contributed by atoms with E-state index in [1.165, 1.54) is 0 Å². The predicted molar refractivity (Wildman–Crippen MR) is 74.0 cm³/mol. The highest BCUT2D eigenvalue weighted by Gasteiger charge is 2.07. The van der Waals surface area contributed by atoms with E-state index >= 15 is 0 Å². The highest BCUT2D eigenvalue weighted by Crippen LogP contribution is 2.29. The van der Waals surface area contributed by atoms with Crippen molar-refractivity contribution < 1.29 is 8.95 Å². The molecular weight excluding hydrogens is 236 g/mol. The molecule has 0 heterocycles. The van der Waals surface area contributed by atoms with Crippen molar-refractivity contribution >= 4 is 22.2 Å². The maximum Gasteiger partial charge on any atom is 0.144 e. The lowest BCUT2D eigenvalue weighted by Gasteiger charge is -2.15. The first-order valence-electron chi connectivity index (χ1n) is 5.59. The Balaban J connectivity index is 2.69. The van der Waals surface area contributed by atoms with Gasteiger partial charge < -0.3 is 15.8 Å². The van der Waals surface area contributed by atoms with Crippen LogP contribution in [0.15, 0.2) is 18.2 Å². The molecule has 1 aromatic carbocycles. The van der Waals surface area contributed by atoms with Crippen molar-refractivity contribution in [3.8, 4) is 5.75 Å². The summed E-state index contributed by atoms with van der Waals surface area (Å²) in [7, 11) is -0.795. The third kappa shape index (κ3) is 4.65. The quantitative estimate of drug-likeness (QED) is 0.762. The molecule has 1 unspecified atom stereocenters. The number of anilines is 2. The van der Waals surface area contributed by atoms with Gasteiger partial charge in [-0.15, -0.1) is 0 Å². The predicted octanol–water partition coefficient (Wildman–Crippen LogP) is 1.85. The average Bonchev–Trinajstić information content (AvgIpc) is 2.22. The van der Waals surface area contributed by atoms with Crippen molar-refractivity contribution in [3.63, 3.8) is 0 Å². The van der Waals surface area contributed by atoms with Crippen LogP contribution >= 0.6 is 0 Å². The Morgan fingerprint density at radius 2 is 2.18 bits per heavy atom. The minimum absolute atomic E-state index is 0.0932. The van der Waals surface area contributed by atoms with Crippen LogP contribution in [0.5, 0.6) is 5.75 Å². The highest BCUT2D eigenvalue weighted by molar-refractivity contribution is 7.84. The summed E-state index contributed by atoms with van der Waals surface area (Å²) in [6.07, 6.45) is 1.78. The van der Waals surface area contributed by atoms with Gasteiger partial charge in [-0.05, 0) is 26.0 Å². The molecule has 4 nitrogen and oxygen atoms in total. The zero-order valence-corrected chi connectivity index (χ0v) is 11.3. The van der Waals surface area contributed by atoms with Crippen LogP contribution in [0.25, 0.3) is 0 Å². The summed E-state index contributed by atoms with van der Waals surface area (Å²) in [5.41, 5.74) is 7.41. The van der Waals surface area contributed by atoms with Crippen LogP contribution in [-0.4, -0.2) is 28.9 Å². The van der Waals surface area contributed by atoms with Gasteiger partial charge in [0, 0.05) is 29.4 Å². The number of hydrogen-bond acceptors (Lipinski definition) is 4. The van der Waals surface area contributed by atoms with Crippen LogP contribution in [-0.2, 0) is 10.8 Å². The van der Waals surface area contributed by atoms with Gasteiger partial charge in [0.2, 0.25) is 0 Å². The lowest BCUT2D eigenvalue weighted by Crippen LogP contribution is -2.12. The molecule has 0 radical (unpaired) electrons. The third-order valence-corrected chi connectivity index (χ3v) is 2.91. The van der Waals surface area contributed by atoms with Crippen LogP contribution in [0.1, 0.15) is 13.8 Å². The Labute approximate surface area is 105 Å². The van der Waals surface area contributed by atoms with Gasteiger partial charge in [0.15, 0.2) is 0 Å². The number of nitrogens with two attached hydrogens (primary N) is 1. The fraction of sp³-hybridized carbons (Fsp3) is 0.500. The normalized spacial score (nSPS) is 12.5. The van der Waals surface area contributed by atoms with E-state index in [-0.39, 0.29) is 6.10 Å². The molecule has 1 rings (SSSR count). The summed E-state index contributed by atoms with van der Waals surface area (Å²) in [4.78, 5) is 0. The zero-order chi connectivity index (χ0) is 12.8. The molecule has 0 fully saturated rings. The van der Waals surface area contributed by atoms with Gasteiger partial charge in [-0.2, -0.15) is 0 Å². The summed E-state index contributed by atoms with van der Waals surface area (Å²) in [5.74, 6) is 1.29. The molecule has 0 aliphatic rings. The number of benzene rings is 1. The maximum absolute atomic E-state index is 10.9. The molecule has 0 aliphatic carbocycles. The van der Waals surface area contributed by atoms with Crippen LogP contribution in [0.2, 0.25) is 0 Å². The largest absolute Gasteiger partial charge is 0.489 e. The smallest absolute Gasteiger partial charge is 0.144 e. The van der Waals surface area contributed by atoms with Crippen molar-refractivity contribution in [1.29, 1.82) is 0 Å². The monoisotopic (exact) mass is 256 g/mol. The van der Waals surface area contributed by atoms with Gasteiger partial charge >= 0.3 is 0 Å². The molecule has 1 atom stereocenters. The standard InChI is InChI=1S/C12H20N2O2S/c1-9(2)16-11-6-4-5-10(12(11)13)14-7-8-17(3)15/h4-6,9,14H,7-8,13H2,1-3H3. The first kappa shape index (κ1) is 13.8. The molecule has 0 spiro atoms. The molecule has 5 heteroatoms. The van der Waals surface area contributed by atoms with Crippen molar-refractivity contribution in [1.82, 2.24) is 0 Å². The molecule has 0 saturated heterocycles. The second kappa shape index (κ2) is 6.49. The zero-order valence-electron chi connectivity index (χ0n) is 10.5. The lowest BCUT2D eigenvalue weighted by atomic mass is 10.2. The van der Waals surface area contributed by atoms with E-state index in [9.17, 15) is 4.21 Å². The van der Waals surface area contributed by atoms with Crippen LogP contribution < -0.4 is 15.8 Å². The summed E-state index contributed by atoms with van der Waals surface area (Å²) >= 11 is 0. The fourth-order valence-electron chi connectivity index (χ4n) is 1.38. The number of para-hydroxylation sites is 1. The second-order valence-electron chi connectivity index (χ2n) is 4.09. The van der Waals surface area contributed by atoms with E-state index in [1.54, 1.807) is 6.26 Å². The van der Waals surface area contributed by atoms with E-state index in [0.717, 1.165) is 5.69 Å². The van der Waals surface area contributed by atoms with Crippen molar-refractivity contribution in [3.05, 3.63) is 18.2 Å². The summed E-state index contributed by atoms with van der Waals surface area (Å²) in [6, 6.07) is 5.62. The Morgan fingerprint density at radius 1 is 1.47 bits per heavy atom. The second-order valence-corrected chi connectivity index (χ2v) is 5.64. The van der Waals surface area contributed by atoms with Crippen molar-refractivity contribution in [2.45, 2.75) is 20.0 Å². The average molecular weight is 256 g/mol. The summed E-state index contributed by atoms with van der Waals surface area (Å²) in [6.45, 7) is 4.55. The molecule has 17 heavy (non-hydrogen) atoms. The minimum atomic E-state index is -0.795. The van der Waals surface area contributed by atoms with E-state index in [1.807, 2.05) is 32.0 Å². The van der Waals surface area contributed by atoms with Gasteiger partial charge in [-0.1, -0.05) is 6.07 Å². The van der Waals surface area contributed by atoms with E-state index < -0.39 is 10.8 Å². The van der Waals surface area contributed by atoms with Gasteiger partial charge in [0.05, 0.1) is 17.5 Å². The first-order valence-corrected chi connectivity index (χ1v) is 7.32. The number of ether oxygens (including phenoxy) is 1. The molecule has 1 aromatic rings. The molecule has 0 bridgehead atoms. The molecule has 0 aliphatic heterocycles. The van der Waals surface area contributed by atoms with Gasteiger partial charge in [0.1, 0.15) is 5.75 Å². The highest BCUT2D eigenvalue weighted by atomic mass is 32.2. The number of rotatable bonds is 6. The third-order valence-electron chi connectivity index (χ3n) is 2.13. The number of nitrogens with one attached hydrogen (secondary N) is 1. The SMILES string of the molecule is CC(C)Oc1cccc(NCCS(C)=O)c1N. The lowest BCUT2D eigenvalue weighted by molar-refractivity contribution is 0.244. The molecular formula is C12H20N2O2S. The van der Waals surface area contributed by atoms with Gasteiger partial charge in [0.25, 0.3) is 0 Å². The number of hydrogen-bond donors (Lipinski definition) is 2. The van der Waals surface area contributed by atoms with E-state index in [0.29, 0.717) is 23.7 Å². The Bertz CT molecular complexity index is 394.